The number of benzene rings is 1. The molecule has 0 bridgehead atoms. The van der Waals surface area contributed by atoms with E-state index in [9.17, 15) is 9.18 Å². The van der Waals surface area contributed by atoms with Gasteiger partial charge in [-0.2, -0.15) is 0 Å². The molecule has 0 aliphatic rings. The van der Waals surface area contributed by atoms with Gasteiger partial charge in [-0.05, 0) is 26.0 Å². The molecule has 0 amide bonds. The summed E-state index contributed by atoms with van der Waals surface area (Å²) in [5.74, 6) is -1.41. The van der Waals surface area contributed by atoms with Crippen molar-refractivity contribution in [2.24, 2.45) is 0 Å². The van der Waals surface area contributed by atoms with Gasteiger partial charge in [0.1, 0.15) is 16.7 Å². The van der Waals surface area contributed by atoms with Gasteiger partial charge in [0.05, 0.1) is 0 Å². The summed E-state index contributed by atoms with van der Waals surface area (Å²) in [7, 11) is 0. The van der Waals surface area contributed by atoms with Crippen LogP contribution in [0.15, 0.2) is 22.6 Å². The highest BCUT2D eigenvalue weighted by Gasteiger charge is 2.35. The van der Waals surface area contributed by atoms with E-state index in [0.717, 1.165) is 0 Å². The lowest BCUT2D eigenvalue weighted by Crippen LogP contribution is -2.28. The highest BCUT2D eigenvalue weighted by molar-refractivity contribution is 5.80. The van der Waals surface area contributed by atoms with Crippen LogP contribution in [-0.4, -0.2) is 16.1 Å². The van der Waals surface area contributed by atoms with Crippen LogP contribution in [0, 0.1) is 5.82 Å². The number of hydrogen-bond acceptors (Lipinski definition) is 3. The number of rotatable bonds is 2. The summed E-state index contributed by atoms with van der Waals surface area (Å²) >= 11 is 0. The molecule has 16 heavy (non-hydrogen) atoms. The SMILES string of the molecule is CC(C)(C(=O)O)c1nc2ccc(F)cc2o1. The van der Waals surface area contributed by atoms with Crippen LogP contribution in [0.5, 0.6) is 0 Å². The summed E-state index contributed by atoms with van der Waals surface area (Å²) in [6, 6.07) is 3.89. The van der Waals surface area contributed by atoms with E-state index in [1.165, 1.54) is 32.0 Å². The smallest absolute Gasteiger partial charge is 0.318 e. The standard InChI is InChI=1S/C11H10FNO3/c1-11(2,10(14)15)9-13-7-4-3-6(12)5-8(7)16-9/h3-5H,1-2H3,(H,14,15). The Morgan fingerprint density at radius 1 is 1.50 bits per heavy atom. The summed E-state index contributed by atoms with van der Waals surface area (Å²) in [6.07, 6.45) is 0. The van der Waals surface area contributed by atoms with E-state index in [2.05, 4.69) is 4.98 Å². The minimum atomic E-state index is -1.23. The normalized spacial score (nSPS) is 11.9. The Kier molecular flexibility index (Phi) is 2.18. The third kappa shape index (κ3) is 1.54. The average Bonchev–Trinajstić information content (AvgIpc) is 2.60. The van der Waals surface area contributed by atoms with Crippen molar-refractivity contribution in [2.75, 3.05) is 0 Å². The van der Waals surface area contributed by atoms with E-state index < -0.39 is 17.2 Å². The molecular weight excluding hydrogens is 213 g/mol. The van der Waals surface area contributed by atoms with Gasteiger partial charge in [-0.3, -0.25) is 4.79 Å². The predicted molar refractivity (Wildman–Crippen MR) is 54.6 cm³/mol. The van der Waals surface area contributed by atoms with E-state index in [0.29, 0.717) is 5.52 Å². The number of aliphatic carboxylic acids is 1. The van der Waals surface area contributed by atoms with Gasteiger partial charge in [0.25, 0.3) is 0 Å². The first-order chi connectivity index (χ1) is 7.41. The topological polar surface area (TPSA) is 63.3 Å². The van der Waals surface area contributed by atoms with E-state index in [4.69, 9.17) is 9.52 Å². The zero-order valence-electron chi connectivity index (χ0n) is 8.82. The van der Waals surface area contributed by atoms with E-state index in [1.807, 2.05) is 0 Å². The van der Waals surface area contributed by atoms with Crippen molar-refractivity contribution in [1.29, 1.82) is 0 Å². The molecule has 1 aromatic heterocycles. The largest absolute Gasteiger partial charge is 0.480 e. The van der Waals surface area contributed by atoms with Crippen LogP contribution in [0.3, 0.4) is 0 Å². The lowest BCUT2D eigenvalue weighted by molar-refractivity contribution is -0.143. The molecular formula is C11H10FNO3. The minimum Gasteiger partial charge on any atom is -0.480 e. The maximum absolute atomic E-state index is 12.9. The second-order valence-electron chi connectivity index (χ2n) is 4.06. The quantitative estimate of drug-likeness (QED) is 0.848. The van der Waals surface area contributed by atoms with Crippen molar-refractivity contribution in [1.82, 2.24) is 4.98 Å². The molecule has 0 saturated heterocycles. The molecule has 1 heterocycles. The van der Waals surface area contributed by atoms with Crippen molar-refractivity contribution in [3.63, 3.8) is 0 Å². The molecule has 0 spiro atoms. The van der Waals surface area contributed by atoms with Gasteiger partial charge in [-0.15, -0.1) is 0 Å². The summed E-state index contributed by atoms with van der Waals surface area (Å²) in [5.41, 5.74) is -0.523. The minimum absolute atomic E-state index is 0.0700. The Balaban J connectivity index is 2.59. The number of nitrogens with zero attached hydrogens (tertiary/aromatic N) is 1. The number of carbonyl (C=O) groups is 1. The van der Waals surface area contributed by atoms with Crippen LogP contribution in [0.25, 0.3) is 11.1 Å². The number of oxazole rings is 1. The van der Waals surface area contributed by atoms with Gasteiger partial charge in [0, 0.05) is 6.07 Å². The molecule has 2 rings (SSSR count). The summed E-state index contributed by atoms with van der Waals surface area (Å²) in [4.78, 5) is 15.0. The molecule has 0 saturated carbocycles. The van der Waals surface area contributed by atoms with Crippen LogP contribution in [0.1, 0.15) is 19.7 Å². The van der Waals surface area contributed by atoms with Crippen molar-refractivity contribution < 1.29 is 18.7 Å². The number of aromatic nitrogens is 1. The molecule has 0 fully saturated rings. The third-order valence-corrected chi connectivity index (χ3v) is 2.42. The molecule has 5 heteroatoms. The van der Waals surface area contributed by atoms with Crippen molar-refractivity contribution in [3.8, 4) is 0 Å². The summed E-state index contributed by atoms with van der Waals surface area (Å²) < 4.78 is 18.1. The maximum Gasteiger partial charge on any atom is 0.318 e. The molecule has 1 N–H and O–H groups in total. The number of carboxylic acid groups (broad SMARTS) is 1. The second kappa shape index (κ2) is 3.30. The predicted octanol–water partition coefficient (Wildman–Crippen LogP) is 2.33. The van der Waals surface area contributed by atoms with Gasteiger partial charge in [-0.25, -0.2) is 9.37 Å². The monoisotopic (exact) mass is 223 g/mol. The van der Waals surface area contributed by atoms with Gasteiger partial charge >= 0.3 is 5.97 Å². The van der Waals surface area contributed by atoms with Crippen LogP contribution in [0.2, 0.25) is 0 Å². The van der Waals surface area contributed by atoms with Gasteiger partial charge < -0.3 is 9.52 Å². The summed E-state index contributed by atoms with van der Waals surface area (Å²) in [6.45, 7) is 2.97. The first kappa shape index (κ1) is 10.6. The van der Waals surface area contributed by atoms with Gasteiger partial charge in [-0.1, -0.05) is 0 Å². The number of carboxylic acids is 1. The van der Waals surface area contributed by atoms with E-state index in [1.54, 1.807) is 0 Å². The van der Waals surface area contributed by atoms with Crippen LogP contribution in [0.4, 0.5) is 4.39 Å². The Labute approximate surface area is 90.7 Å². The fourth-order valence-corrected chi connectivity index (χ4v) is 1.26. The van der Waals surface area contributed by atoms with E-state index in [-0.39, 0.29) is 11.5 Å². The first-order valence-corrected chi connectivity index (χ1v) is 4.71. The Morgan fingerprint density at radius 3 is 2.81 bits per heavy atom. The lowest BCUT2D eigenvalue weighted by Gasteiger charge is -2.13. The Hall–Kier alpha value is -1.91. The van der Waals surface area contributed by atoms with E-state index >= 15 is 0 Å². The van der Waals surface area contributed by atoms with Gasteiger partial charge in [0.15, 0.2) is 5.58 Å². The molecule has 1 aromatic carbocycles. The highest BCUT2D eigenvalue weighted by Crippen LogP contribution is 2.26. The third-order valence-electron chi connectivity index (χ3n) is 2.42. The number of halogens is 1. The zero-order chi connectivity index (χ0) is 11.9. The molecule has 0 atom stereocenters. The van der Waals surface area contributed by atoms with Crippen LogP contribution >= 0.6 is 0 Å². The highest BCUT2D eigenvalue weighted by atomic mass is 19.1. The van der Waals surface area contributed by atoms with Crippen molar-refractivity contribution >= 4 is 17.1 Å². The Bertz CT molecular complexity index is 559. The van der Waals surface area contributed by atoms with Crippen LogP contribution < -0.4 is 0 Å². The molecule has 2 aromatic rings. The molecule has 4 nitrogen and oxygen atoms in total. The molecule has 0 radical (unpaired) electrons. The summed E-state index contributed by atoms with van der Waals surface area (Å²) in [5, 5.41) is 9.00. The molecule has 84 valence electrons. The fraction of sp³-hybridized carbons (Fsp3) is 0.273. The lowest BCUT2D eigenvalue weighted by atomic mass is 9.94. The number of hydrogen-bond donors (Lipinski definition) is 1. The second-order valence-corrected chi connectivity index (χ2v) is 4.06. The number of fused-ring (bicyclic) bond motifs is 1. The molecule has 0 aliphatic heterocycles. The maximum atomic E-state index is 12.9. The average molecular weight is 223 g/mol. The fourth-order valence-electron chi connectivity index (χ4n) is 1.26. The van der Waals surface area contributed by atoms with Crippen molar-refractivity contribution in [2.45, 2.75) is 19.3 Å². The van der Waals surface area contributed by atoms with Crippen molar-refractivity contribution in [3.05, 3.63) is 29.9 Å². The zero-order valence-corrected chi connectivity index (χ0v) is 8.82. The van der Waals surface area contributed by atoms with Gasteiger partial charge in [0.2, 0.25) is 5.89 Å². The molecule has 0 unspecified atom stereocenters. The first-order valence-electron chi connectivity index (χ1n) is 4.71. The molecule has 0 aliphatic carbocycles. The Morgan fingerprint density at radius 2 is 2.19 bits per heavy atom. The van der Waals surface area contributed by atoms with Crippen LogP contribution in [-0.2, 0) is 10.2 Å².